The lowest BCUT2D eigenvalue weighted by molar-refractivity contribution is 0.0895. The second-order valence-corrected chi connectivity index (χ2v) is 6.53. The standard InChI is InChI=1S/C17H24O3/c1-5-7-8-13-11(6-2)16(19)15-12(18)9-17(3,4)10-14(15)20-13/h5-10H2,1-4H3. The van der Waals surface area contributed by atoms with E-state index in [-0.39, 0.29) is 16.6 Å². The first-order chi connectivity index (χ1) is 9.39. The van der Waals surface area contributed by atoms with Gasteiger partial charge < -0.3 is 4.42 Å². The van der Waals surface area contributed by atoms with Crippen molar-refractivity contribution in [1.82, 2.24) is 0 Å². The van der Waals surface area contributed by atoms with Crippen molar-refractivity contribution >= 4 is 5.78 Å². The van der Waals surface area contributed by atoms with E-state index in [0.29, 0.717) is 36.1 Å². The summed E-state index contributed by atoms with van der Waals surface area (Å²) in [5.41, 5.74) is 0.822. The molecule has 0 spiro atoms. The van der Waals surface area contributed by atoms with Crippen LogP contribution in [0.4, 0.5) is 0 Å². The molecule has 1 aliphatic carbocycles. The molecule has 20 heavy (non-hydrogen) atoms. The monoisotopic (exact) mass is 276 g/mol. The van der Waals surface area contributed by atoms with E-state index in [9.17, 15) is 9.59 Å². The molecule has 1 aliphatic rings. The van der Waals surface area contributed by atoms with Crippen LogP contribution in [0.3, 0.4) is 0 Å². The quantitative estimate of drug-likeness (QED) is 0.842. The van der Waals surface area contributed by atoms with Crippen molar-refractivity contribution in [3.8, 4) is 0 Å². The van der Waals surface area contributed by atoms with E-state index in [0.717, 1.165) is 25.0 Å². The van der Waals surface area contributed by atoms with Crippen molar-refractivity contribution in [2.24, 2.45) is 5.41 Å². The highest BCUT2D eigenvalue weighted by Crippen LogP contribution is 2.34. The summed E-state index contributed by atoms with van der Waals surface area (Å²) in [6.45, 7) is 8.17. The zero-order valence-corrected chi connectivity index (χ0v) is 13.0. The molecule has 0 saturated heterocycles. The minimum Gasteiger partial charge on any atom is -0.465 e. The van der Waals surface area contributed by atoms with Crippen LogP contribution in [0.25, 0.3) is 0 Å². The summed E-state index contributed by atoms with van der Waals surface area (Å²) in [6.07, 6.45) is 4.59. The van der Waals surface area contributed by atoms with Crippen LogP contribution in [0.2, 0.25) is 0 Å². The third-order valence-corrected chi connectivity index (χ3v) is 4.03. The minimum absolute atomic E-state index is 0.0539. The van der Waals surface area contributed by atoms with Gasteiger partial charge in [-0.25, -0.2) is 0 Å². The maximum absolute atomic E-state index is 12.6. The molecule has 1 aromatic heterocycles. The smallest absolute Gasteiger partial charge is 0.199 e. The summed E-state index contributed by atoms with van der Waals surface area (Å²) in [7, 11) is 0. The van der Waals surface area contributed by atoms with Crippen LogP contribution in [0, 0.1) is 5.41 Å². The van der Waals surface area contributed by atoms with Crippen LogP contribution in [0.5, 0.6) is 0 Å². The van der Waals surface area contributed by atoms with Crippen molar-refractivity contribution in [1.29, 1.82) is 0 Å². The lowest BCUT2D eigenvalue weighted by atomic mass is 9.75. The van der Waals surface area contributed by atoms with E-state index >= 15 is 0 Å². The van der Waals surface area contributed by atoms with Crippen molar-refractivity contribution in [3.63, 3.8) is 0 Å². The molecule has 0 unspecified atom stereocenters. The zero-order valence-electron chi connectivity index (χ0n) is 13.0. The molecular formula is C17H24O3. The highest BCUT2D eigenvalue weighted by Gasteiger charge is 2.35. The van der Waals surface area contributed by atoms with Gasteiger partial charge in [-0.05, 0) is 18.3 Å². The Morgan fingerprint density at radius 1 is 1.15 bits per heavy atom. The molecule has 0 saturated carbocycles. The van der Waals surface area contributed by atoms with Crippen LogP contribution in [0.1, 0.15) is 74.4 Å². The van der Waals surface area contributed by atoms with Crippen molar-refractivity contribution in [2.45, 2.75) is 66.2 Å². The Morgan fingerprint density at radius 3 is 2.45 bits per heavy atom. The normalized spacial score (nSPS) is 17.1. The maximum Gasteiger partial charge on any atom is 0.199 e. The number of carbonyl (C=O) groups excluding carboxylic acids is 1. The molecule has 0 radical (unpaired) electrons. The molecule has 0 fully saturated rings. The summed E-state index contributed by atoms with van der Waals surface area (Å²) in [6, 6.07) is 0. The number of ketones is 1. The first-order valence-electron chi connectivity index (χ1n) is 7.60. The first kappa shape index (κ1) is 15.0. The minimum atomic E-state index is -0.115. The average molecular weight is 276 g/mol. The topological polar surface area (TPSA) is 47.3 Å². The van der Waals surface area contributed by atoms with Gasteiger partial charge in [0.25, 0.3) is 0 Å². The van der Waals surface area contributed by atoms with Crippen LogP contribution >= 0.6 is 0 Å². The van der Waals surface area contributed by atoms with E-state index in [1.54, 1.807) is 0 Å². The Hall–Kier alpha value is -1.38. The molecule has 0 aromatic carbocycles. The number of unbranched alkanes of at least 4 members (excludes halogenated alkanes) is 1. The van der Waals surface area contributed by atoms with E-state index in [2.05, 4.69) is 6.92 Å². The molecular weight excluding hydrogens is 252 g/mol. The van der Waals surface area contributed by atoms with Crippen molar-refractivity contribution in [2.75, 3.05) is 0 Å². The van der Waals surface area contributed by atoms with Gasteiger partial charge in [0.05, 0.1) is 0 Å². The molecule has 1 heterocycles. The van der Waals surface area contributed by atoms with Crippen molar-refractivity contribution < 1.29 is 9.21 Å². The zero-order chi connectivity index (χ0) is 14.9. The second-order valence-electron chi connectivity index (χ2n) is 6.53. The Bertz CT molecular complexity index is 579. The molecule has 3 nitrogen and oxygen atoms in total. The number of hydrogen-bond acceptors (Lipinski definition) is 3. The van der Waals surface area contributed by atoms with Crippen LogP contribution < -0.4 is 5.43 Å². The van der Waals surface area contributed by atoms with Crippen LogP contribution in [-0.2, 0) is 19.3 Å². The lowest BCUT2D eigenvalue weighted by Crippen LogP contribution is -2.33. The van der Waals surface area contributed by atoms with Gasteiger partial charge in [-0.1, -0.05) is 34.1 Å². The molecule has 3 heteroatoms. The summed E-state index contributed by atoms with van der Waals surface area (Å²) in [5, 5.41) is 0. The van der Waals surface area contributed by atoms with Gasteiger partial charge in [0.15, 0.2) is 11.2 Å². The molecule has 0 N–H and O–H groups in total. The predicted octanol–water partition coefficient (Wildman–Crippen LogP) is 3.70. The third-order valence-electron chi connectivity index (χ3n) is 4.03. The second kappa shape index (κ2) is 5.55. The lowest BCUT2D eigenvalue weighted by Gasteiger charge is -2.29. The van der Waals surface area contributed by atoms with Crippen LogP contribution in [-0.4, -0.2) is 5.78 Å². The van der Waals surface area contributed by atoms with Crippen molar-refractivity contribution in [3.05, 3.63) is 32.9 Å². The SMILES string of the molecule is CCCCc1oc2c(c(=O)c1CC)C(=O)CC(C)(C)C2. The van der Waals surface area contributed by atoms with Gasteiger partial charge >= 0.3 is 0 Å². The molecule has 2 rings (SSSR count). The van der Waals surface area contributed by atoms with Gasteiger partial charge in [-0.3, -0.25) is 9.59 Å². The Morgan fingerprint density at radius 2 is 1.85 bits per heavy atom. The van der Waals surface area contributed by atoms with Gasteiger partial charge in [-0.2, -0.15) is 0 Å². The first-order valence-corrected chi connectivity index (χ1v) is 7.60. The van der Waals surface area contributed by atoms with Gasteiger partial charge in [-0.15, -0.1) is 0 Å². The fourth-order valence-electron chi connectivity index (χ4n) is 2.99. The van der Waals surface area contributed by atoms with E-state index in [4.69, 9.17) is 4.42 Å². The Labute approximate surface area is 120 Å². The number of carbonyl (C=O) groups is 1. The highest BCUT2D eigenvalue weighted by atomic mass is 16.3. The molecule has 0 aliphatic heterocycles. The predicted molar refractivity (Wildman–Crippen MR) is 79.4 cm³/mol. The fraction of sp³-hybridized carbons (Fsp3) is 0.647. The van der Waals surface area contributed by atoms with E-state index < -0.39 is 0 Å². The van der Waals surface area contributed by atoms with E-state index in [1.165, 1.54) is 0 Å². The van der Waals surface area contributed by atoms with Gasteiger partial charge in [0, 0.05) is 24.8 Å². The number of fused-ring (bicyclic) bond motifs is 1. The summed E-state index contributed by atoms with van der Waals surface area (Å²) >= 11 is 0. The number of hydrogen-bond donors (Lipinski definition) is 0. The molecule has 1 aromatic rings. The molecule has 110 valence electrons. The Kier molecular flexibility index (Phi) is 4.17. The third kappa shape index (κ3) is 2.72. The highest BCUT2D eigenvalue weighted by molar-refractivity contribution is 5.98. The molecule has 0 amide bonds. The number of rotatable bonds is 4. The van der Waals surface area contributed by atoms with Crippen LogP contribution in [0.15, 0.2) is 9.21 Å². The fourth-order valence-corrected chi connectivity index (χ4v) is 2.99. The maximum atomic E-state index is 12.6. The summed E-state index contributed by atoms with van der Waals surface area (Å²) < 4.78 is 5.99. The van der Waals surface area contributed by atoms with Gasteiger partial charge in [0.1, 0.15) is 17.1 Å². The molecule has 0 bridgehead atoms. The summed E-state index contributed by atoms with van der Waals surface area (Å²) in [5.74, 6) is 1.35. The Balaban J connectivity index is 2.57. The molecule has 0 atom stereocenters. The van der Waals surface area contributed by atoms with E-state index in [1.807, 2.05) is 20.8 Å². The number of aryl methyl sites for hydroxylation is 1. The average Bonchev–Trinajstić information content (AvgIpc) is 2.34. The summed E-state index contributed by atoms with van der Waals surface area (Å²) in [4.78, 5) is 24.8. The number of Topliss-reactive ketones (excluding diaryl/α,β-unsaturated/α-hetero) is 1. The largest absolute Gasteiger partial charge is 0.465 e. The van der Waals surface area contributed by atoms with Gasteiger partial charge in [0.2, 0.25) is 0 Å².